The summed E-state index contributed by atoms with van der Waals surface area (Å²) in [5.41, 5.74) is 0.982. The fourth-order valence-electron chi connectivity index (χ4n) is 2.04. The van der Waals surface area contributed by atoms with E-state index in [-0.39, 0.29) is 5.91 Å². The van der Waals surface area contributed by atoms with Crippen molar-refractivity contribution >= 4 is 39.6 Å². The molecular weight excluding hydrogens is 328 g/mol. The summed E-state index contributed by atoms with van der Waals surface area (Å²) in [6, 6.07) is 9.64. The van der Waals surface area contributed by atoms with Gasteiger partial charge in [-0.1, -0.05) is 53.9 Å². The van der Waals surface area contributed by atoms with Crippen LogP contribution in [0.3, 0.4) is 0 Å². The molecule has 0 saturated heterocycles. The van der Waals surface area contributed by atoms with Crippen molar-refractivity contribution in [3.8, 4) is 0 Å². The molecule has 2 rings (SSSR count). The Morgan fingerprint density at radius 1 is 1.22 bits per heavy atom. The molecule has 23 heavy (non-hydrogen) atoms. The molecular formula is C16H20N4OS2. The highest BCUT2D eigenvalue weighted by molar-refractivity contribution is 7.80. The maximum Gasteiger partial charge on any atom is 0.230 e. The normalized spacial score (nSPS) is 10.3. The Labute approximate surface area is 145 Å². The van der Waals surface area contributed by atoms with Crippen LogP contribution >= 0.6 is 23.6 Å². The number of aromatic nitrogens is 2. The molecule has 5 nitrogen and oxygen atoms in total. The number of aryl methyl sites for hydroxylation is 1. The predicted octanol–water partition coefficient (Wildman–Crippen LogP) is 2.98. The maximum absolute atomic E-state index is 12.0. The van der Waals surface area contributed by atoms with Gasteiger partial charge in [0.2, 0.25) is 11.0 Å². The third kappa shape index (κ3) is 6.42. The van der Waals surface area contributed by atoms with Crippen LogP contribution in [0.25, 0.3) is 0 Å². The van der Waals surface area contributed by atoms with Gasteiger partial charge < -0.3 is 10.6 Å². The highest BCUT2D eigenvalue weighted by Crippen LogP contribution is 2.18. The first kappa shape index (κ1) is 17.5. The van der Waals surface area contributed by atoms with Crippen molar-refractivity contribution in [2.75, 3.05) is 12.4 Å². The zero-order valence-electron chi connectivity index (χ0n) is 13.0. The maximum atomic E-state index is 12.0. The van der Waals surface area contributed by atoms with Gasteiger partial charge in [-0.05, 0) is 24.8 Å². The molecule has 2 N–H and O–H groups in total. The molecule has 0 spiro atoms. The Morgan fingerprint density at radius 2 is 2.00 bits per heavy atom. The number of hydrogen-bond acceptors (Lipinski definition) is 5. The Kier molecular flexibility index (Phi) is 7.09. The van der Waals surface area contributed by atoms with Crippen molar-refractivity contribution < 1.29 is 4.79 Å². The van der Waals surface area contributed by atoms with Crippen LogP contribution in [0.4, 0.5) is 5.13 Å². The minimum absolute atomic E-state index is 0.0710. The number of carbonyl (C=O) groups excluding carboxylic acids is 1. The smallest absolute Gasteiger partial charge is 0.230 e. The molecule has 2 aromatic rings. The summed E-state index contributed by atoms with van der Waals surface area (Å²) < 4.78 is 0. The molecule has 1 heterocycles. The Balaban J connectivity index is 1.73. The van der Waals surface area contributed by atoms with Crippen LogP contribution in [0.5, 0.6) is 0 Å². The summed E-state index contributed by atoms with van der Waals surface area (Å²) in [5.74, 6) is -0.0710. The highest BCUT2D eigenvalue weighted by atomic mass is 32.1. The third-order valence-electron chi connectivity index (χ3n) is 3.24. The van der Waals surface area contributed by atoms with E-state index in [4.69, 9.17) is 12.2 Å². The zero-order chi connectivity index (χ0) is 16.5. The van der Waals surface area contributed by atoms with Crippen molar-refractivity contribution in [1.82, 2.24) is 15.5 Å². The van der Waals surface area contributed by atoms with Gasteiger partial charge in [0.05, 0.1) is 11.4 Å². The number of nitrogens with zero attached hydrogens (tertiary/aromatic N) is 2. The lowest BCUT2D eigenvalue weighted by atomic mass is 10.1. The minimum atomic E-state index is -0.0710. The standard InChI is InChI=1S/C16H20N4OS2/c1-17-14(22)9-5-6-10-15-19-20-16(23-15)18-13(21)11-12-7-3-2-4-8-12/h2-4,7-8H,5-6,9-11H2,1H3,(H,17,22)(H,18,20,21). The van der Waals surface area contributed by atoms with E-state index in [2.05, 4.69) is 20.8 Å². The van der Waals surface area contributed by atoms with E-state index in [1.165, 1.54) is 11.3 Å². The summed E-state index contributed by atoms with van der Waals surface area (Å²) in [6.45, 7) is 0. The second-order valence-corrected chi connectivity index (χ2v) is 6.65. The second-order valence-electron chi connectivity index (χ2n) is 5.09. The molecule has 0 fully saturated rings. The van der Waals surface area contributed by atoms with Crippen molar-refractivity contribution in [1.29, 1.82) is 0 Å². The number of nitrogens with one attached hydrogen (secondary N) is 2. The van der Waals surface area contributed by atoms with Crippen LogP contribution < -0.4 is 10.6 Å². The first-order valence-electron chi connectivity index (χ1n) is 7.54. The molecule has 0 aliphatic carbocycles. The Hall–Kier alpha value is -1.86. The molecule has 0 aliphatic heterocycles. The van der Waals surface area contributed by atoms with Crippen LogP contribution in [0.15, 0.2) is 30.3 Å². The number of unbranched alkanes of at least 4 members (excludes halogenated alkanes) is 1. The summed E-state index contributed by atoms with van der Waals surface area (Å²) in [6.07, 6.45) is 4.13. The molecule has 0 unspecified atom stereocenters. The van der Waals surface area contributed by atoms with Gasteiger partial charge >= 0.3 is 0 Å². The lowest BCUT2D eigenvalue weighted by molar-refractivity contribution is -0.115. The fraction of sp³-hybridized carbons (Fsp3) is 0.375. The Morgan fingerprint density at radius 3 is 2.74 bits per heavy atom. The van der Waals surface area contributed by atoms with Gasteiger partial charge in [-0.25, -0.2) is 0 Å². The van der Waals surface area contributed by atoms with Crippen LogP contribution in [-0.2, 0) is 17.6 Å². The molecule has 122 valence electrons. The zero-order valence-corrected chi connectivity index (χ0v) is 14.7. The van der Waals surface area contributed by atoms with E-state index in [1.54, 1.807) is 0 Å². The largest absolute Gasteiger partial charge is 0.383 e. The van der Waals surface area contributed by atoms with Gasteiger partial charge in [0.1, 0.15) is 5.01 Å². The van der Waals surface area contributed by atoms with E-state index >= 15 is 0 Å². The van der Waals surface area contributed by atoms with Crippen LogP contribution in [0.2, 0.25) is 0 Å². The number of anilines is 1. The van der Waals surface area contributed by atoms with Crippen LogP contribution in [0.1, 0.15) is 29.8 Å². The summed E-state index contributed by atoms with van der Waals surface area (Å²) >= 11 is 6.54. The molecule has 0 atom stereocenters. The number of hydrogen-bond donors (Lipinski definition) is 2. The van der Waals surface area contributed by atoms with Gasteiger partial charge in [0, 0.05) is 13.5 Å². The number of thiocarbonyl (C=S) groups is 1. The average Bonchev–Trinajstić information content (AvgIpc) is 2.99. The Bertz CT molecular complexity index is 643. The van der Waals surface area contributed by atoms with Crippen LogP contribution in [-0.4, -0.2) is 28.1 Å². The van der Waals surface area contributed by atoms with Crippen LogP contribution in [0, 0.1) is 0 Å². The van der Waals surface area contributed by atoms with E-state index in [0.717, 1.165) is 41.2 Å². The van der Waals surface area contributed by atoms with Crippen molar-refractivity contribution in [3.05, 3.63) is 40.9 Å². The molecule has 7 heteroatoms. The van der Waals surface area contributed by atoms with E-state index < -0.39 is 0 Å². The summed E-state index contributed by atoms with van der Waals surface area (Å²) in [4.78, 5) is 12.9. The lowest BCUT2D eigenvalue weighted by Crippen LogP contribution is -2.14. The monoisotopic (exact) mass is 348 g/mol. The fourth-order valence-corrected chi connectivity index (χ4v) is 2.98. The first-order valence-corrected chi connectivity index (χ1v) is 8.76. The topological polar surface area (TPSA) is 66.9 Å². The van der Waals surface area contributed by atoms with Crippen molar-refractivity contribution in [3.63, 3.8) is 0 Å². The second kappa shape index (κ2) is 9.32. The average molecular weight is 348 g/mol. The minimum Gasteiger partial charge on any atom is -0.383 e. The number of amides is 1. The quantitative estimate of drug-likeness (QED) is 0.567. The highest BCUT2D eigenvalue weighted by Gasteiger charge is 2.09. The molecule has 1 aromatic heterocycles. The molecule has 0 radical (unpaired) electrons. The van der Waals surface area contributed by atoms with Gasteiger partial charge in [-0.15, -0.1) is 10.2 Å². The van der Waals surface area contributed by atoms with Gasteiger partial charge in [0.25, 0.3) is 0 Å². The lowest BCUT2D eigenvalue weighted by Gasteiger charge is -2.01. The number of benzene rings is 1. The number of rotatable bonds is 8. The van der Waals surface area contributed by atoms with E-state index in [9.17, 15) is 4.79 Å². The van der Waals surface area contributed by atoms with Gasteiger partial charge in [-0.2, -0.15) is 0 Å². The van der Waals surface area contributed by atoms with Crippen molar-refractivity contribution in [2.45, 2.75) is 32.1 Å². The molecule has 1 aromatic carbocycles. The number of carbonyl (C=O) groups is 1. The molecule has 0 saturated carbocycles. The molecule has 0 aliphatic rings. The SMILES string of the molecule is CNC(=S)CCCCc1nnc(NC(=O)Cc2ccccc2)s1. The summed E-state index contributed by atoms with van der Waals surface area (Å²) in [5, 5.41) is 15.4. The first-order chi connectivity index (χ1) is 11.2. The third-order valence-corrected chi connectivity index (χ3v) is 4.55. The van der Waals surface area contributed by atoms with E-state index in [1.807, 2.05) is 37.4 Å². The van der Waals surface area contributed by atoms with Crippen molar-refractivity contribution in [2.24, 2.45) is 0 Å². The van der Waals surface area contributed by atoms with Gasteiger partial charge in [0.15, 0.2) is 0 Å². The summed E-state index contributed by atoms with van der Waals surface area (Å²) in [7, 11) is 1.84. The predicted molar refractivity (Wildman–Crippen MR) is 97.9 cm³/mol. The molecule has 1 amide bonds. The molecule has 0 bridgehead atoms. The van der Waals surface area contributed by atoms with Gasteiger partial charge in [-0.3, -0.25) is 4.79 Å². The van der Waals surface area contributed by atoms with E-state index in [0.29, 0.717) is 11.6 Å².